The average molecular weight is 259 g/mol. The van der Waals surface area contributed by atoms with Gasteiger partial charge in [-0.05, 0) is 43.7 Å². The molecule has 3 rings (SSSR count). The molecule has 0 spiro atoms. The third-order valence-electron chi connectivity index (χ3n) is 4.08. The van der Waals surface area contributed by atoms with Crippen molar-refractivity contribution < 1.29 is 4.79 Å². The minimum atomic E-state index is 0.182. The summed E-state index contributed by atoms with van der Waals surface area (Å²) in [5.74, 6) is 0.182. The van der Waals surface area contributed by atoms with Crippen LogP contribution in [0.1, 0.15) is 22.3 Å². The predicted molar refractivity (Wildman–Crippen MR) is 76.7 cm³/mol. The number of aryl methyl sites for hydroxylation is 1. The normalized spacial score (nSPS) is 19.7. The number of hydrogen-bond donors (Lipinski definition) is 1. The molecule has 0 bridgehead atoms. The fourth-order valence-corrected chi connectivity index (χ4v) is 2.80. The number of hydrogen-bond acceptors (Lipinski definition) is 3. The van der Waals surface area contributed by atoms with Gasteiger partial charge < -0.3 is 15.1 Å². The topological polar surface area (TPSA) is 35.6 Å². The fraction of sp³-hybridized carbons (Fsp3) is 0.533. The number of nitrogens with zero attached hydrogens (tertiary/aromatic N) is 2. The van der Waals surface area contributed by atoms with Crippen LogP contribution in [0.3, 0.4) is 0 Å². The number of piperazine rings is 1. The molecule has 2 aliphatic rings. The summed E-state index contributed by atoms with van der Waals surface area (Å²) in [6, 6.07) is 6.08. The van der Waals surface area contributed by atoms with Gasteiger partial charge in [0.05, 0.1) is 0 Å². The Labute approximate surface area is 114 Å². The Hall–Kier alpha value is -1.55. The molecule has 1 aromatic carbocycles. The molecule has 0 atom stereocenters. The number of benzene rings is 1. The van der Waals surface area contributed by atoms with Gasteiger partial charge in [0, 0.05) is 44.0 Å². The van der Waals surface area contributed by atoms with Gasteiger partial charge in [0.1, 0.15) is 0 Å². The Kier molecular flexibility index (Phi) is 3.42. The summed E-state index contributed by atoms with van der Waals surface area (Å²) in [4.78, 5) is 16.7. The number of anilines is 1. The largest absolute Gasteiger partial charge is 0.385 e. The van der Waals surface area contributed by atoms with Gasteiger partial charge in [0.2, 0.25) is 0 Å². The van der Waals surface area contributed by atoms with Crippen LogP contribution in [-0.4, -0.2) is 55.5 Å². The maximum absolute atomic E-state index is 12.5. The van der Waals surface area contributed by atoms with Crippen LogP contribution >= 0.6 is 0 Å². The van der Waals surface area contributed by atoms with Crippen molar-refractivity contribution in [3.05, 3.63) is 29.3 Å². The molecule has 1 saturated heterocycles. The SMILES string of the molecule is CN1CCN(C(=O)c2ccc3c(c2)CCCN3)CC1. The molecule has 4 nitrogen and oxygen atoms in total. The molecule has 0 aromatic heterocycles. The van der Waals surface area contributed by atoms with Gasteiger partial charge in [-0.1, -0.05) is 0 Å². The first-order valence-electron chi connectivity index (χ1n) is 7.08. The van der Waals surface area contributed by atoms with Crippen molar-refractivity contribution in [3.8, 4) is 0 Å². The lowest BCUT2D eigenvalue weighted by atomic mass is 10.00. The number of amides is 1. The summed E-state index contributed by atoms with van der Waals surface area (Å²) in [6.07, 6.45) is 2.23. The van der Waals surface area contributed by atoms with E-state index in [2.05, 4.69) is 29.4 Å². The highest BCUT2D eigenvalue weighted by molar-refractivity contribution is 5.95. The van der Waals surface area contributed by atoms with E-state index in [0.717, 1.165) is 51.1 Å². The number of carbonyl (C=O) groups is 1. The van der Waals surface area contributed by atoms with E-state index in [4.69, 9.17) is 0 Å². The van der Waals surface area contributed by atoms with Crippen molar-refractivity contribution >= 4 is 11.6 Å². The number of carbonyl (C=O) groups excluding carboxylic acids is 1. The number of fused-ring (bicyclic) bond motifs is 1. The van der Waals surface area contributed by atoms with Crippen molar-refractivity contribution in [1.29, 1.82) is 0 Å². The van der Waals surface area contributed by atoms with Gasteiger partial charge in [-0.2, -0.15) is 0 Å². The summed E-state index contributed by atoms with van der Waals surface area (Å²) >= 11 is 0. The van der Waals surface area contributed by atoms with E-state index in [-0.39, 0.29) is 5.91 Å². The van der Waals surface area contributed by atoms with Gasteiger partial charge in [0.15, 0.2) is 0 Å². The van der Waals surface area contributed by atoms with Crippen LogP contribution in [0.15, 0.2) is 18.2 Å². The average Bonchev–Trinajstić information content (AvgIpc) is 2.47. The van der Waals surface area contributed by atoms with E-state index >= 15 is 0 Å². The molecule has 0 aliphatic carbocycles. The van der Waals surface area contributed by atoms with Crippen LogP contribution in [-0.2, 0) is 6.42 Å². The van der Waals surface area contributed by atoms with Gasteiger partial charge in [-0.15, -0.1) is 0 Å². The molecule has 2 heterocycles. The molecule has 0 unspecified atom stereocenters. The zero-order chi connectivity index (χ0) is 13.2. The summed E-state index contributed by atoms with van der Waals surface area (Å²) in [7, 11) is 2.10. The van der Waals surface area contributed by atoms with Gasteiger partial charge in [-0.3, -0.25) is 4.79 Å². The van der Waals surface area contributed by atoms with Crippen LogP contribution in [0.25, 0.3) is 0 Å². The summed E-state index contributed by atoms with van der Waals surface area (Å²) < 4.78 is 0. The first kappa shape index (κ1) is 12.5. The van der Waals surface area contributed by atoms with Crippen molar-refractivity contribution in [1.82, 2.24) is 9.80 Å². The lowest BCUT2D eigenvalue weighted by molar-refractivity contribution is 0.0664. The van der Waals surface area contributed by atoms with E-state index in [1.54, 1.807) is 0 Å². The second-order valence-corrected chi connectivity index (χ2v) is 5.50. The standard InChI is InChI=1S/C15H21N3O/c1-17-7-9-18(10-8-17)15(19)13-4-5-14-12(11-13)3-2-6-16-14/h4-5,11,16H,2-3,6-10H2,1H3. The van der Waals surface area contributed by atoms with E-state index < -0.39 is 0 Å². The van der Waals surface area contributed by atoms with E-state index in [0.29, 0.717) is 0 Å². The highest BCUT2D eigenvalue weighted by atomic mass is 16.2. The zero-order valence-corrected chi connectivity index (χ0v) is 11.5. The molecule has 0 radical (unpaired) electrons. The van der Waals surface area contributed by atoms with Crippen molar-refractivity contribution in [2.24, 2.45) is 0 Å². The van der Waals surface area contributed by atoms with Gasteiger partial charge in [-0.25, -0.2) is 0 Å². The Morgan fingerprint density at radius 2 is 2.00 bits per heavy atom. The second-order valence-electron chi connectivity index (χ2n) is 5.50. The Morgan fingerprint density at radius 1 is 1.21 bits per heavy atom. The van der Waals surface area contributed by atoms with E-state index in [1.807, 2.05) is 11.0 Å². The molecule has 0 saturated carbocycles. The first-order valence-corrected chi connectivity index (χ1v) is 7.08. The molecule has 1 N–H and O–H groups in total. The summed E-state index contributed by atoms with van der Waals surface area (Å²) in [5, 5.41) is 3.38. The molecule has 19 heavy (non-hydrogen) atoms. The molecule has 4 heteroatoms. The number of rotatable bonds is 1. The van der Waals surface area contributed by atoms with E-state index in [1.165, 1.54) is 11.3 Å². The minimum absolute atomic E-state index is 0.182. The molecular formula is C15H21N3O. The molecule has 2 aliphatic heterocycles. The maximum atomic E-state index is 12.5. The zero-order valence-electron chi connectivity index (χ0n) is 11.5. The fourth-order valence-electron chi connectivity index (χ4n) is 2.80. The molecular weight excluding hydrogens is 238 g/mol. The highest BCUT2D eigenvalue weighted by Crippen LogP contribution is 2.23. The number of likely N-dealkylation sites (N-methyl/N-ethyl adjacent to an activating group) is 1. The Morgan fingerprint density at radius 3 is 2.79 bits per heavy atom. The lowest BCUT2D eigenvalue weighted by Crippen LogP contribution is -2.47. The van der Waals surface area contributed by atoms with Crippen LogP contribution in [0.2, 0.25) is 0 Å². The monoisotopic (exact) mass is 259 g/mol. The maximum Gasteiger partial charge on any atom is 0.253 e. The third kappa shape index (κ3) is 2.59. The quantitative estimate of drug-likeness (QED) is 0.829. The lowest BCUT2D eigenvalue weighted by Gasteiger charge is -2.32. The van der Waals surface area contributed by atoms with Crippen LogP contribution in [0, 0.1) is 0 Å². The molecule has 1 aromatic rings. The Bertz CT molecular complexity index is 478. The van der Waals surface area contributed by atoms with E-state index in [9.17, 15) is 4.79 Å². The van der Waals surface area contributed by atoms with Crippen LogP contribution < -0.4 is 5.32 Å². The van der Waals surface area contributed by atoms with Gasteiger partial charge >= 0.3 is 0 Å². The van der Waals surface area contributed by atoms with Gasteiger partial charge in [0.25, 0.3) is 5.91 Å². The van der Waals surface area contributed by atoms with Crippen molar-refractivity contribution in [3.63, 3.8) is 0 Å². The smallest absolute Gasteiger partial charge is 0.253 e. The highest BCUT2D eigenvalue weighted by Gasteiger charge is 2.21. The summed E-state index contributed by atoms with van der Waals surface area (Å²) in [5.41, 5.74) is 3.32. The summed E-state index contributed by atoms with van der Waals surface area (Å²) in [6.45, 7) is 4.66. The Balaban J connectivity index is 1.76. The molecule has 1 amide bonds. The predicted octanol–water partition coefficient (Wildman–Crippen LogP) is 1.43. The first-order chi connectivity index (χ1) is 9.24. The van der Waals surface area contributed by atoms with Crippen LogP contribution in [0.4, 0.5) is 5.69 Å². The molecule has 1 fully saturated rings. The number of nitrogens with one attached hydrogen (secondary N) is 1. The molecule has 102 valence electrons. The van der Waals surface area contributed by atoms with Crippen LogP contribution in [0.5, 0.6) is 0 Å². The minimum Gasteiger partial charge on any atom is -0.385 e. The van der Waals surface area contributed by atoms with Crippen molar-refractivity contribution in [2.75, 3.05) is 45.1 Å². The second kappa shape index (κ2) is 5.21. The third-order valence-corrected chi connectivity index (χ3v) is 4.08. The van der Waals surface area contributed by atoms with Crippen molar-refractivity contribution in [2.45, 2.75) is 12.8 Å².